The number of thiazole rings is 1. The van der Waals surface area contributed by atoms with Crippen molar-refractivity contribution in [1.82, 2.24) is 4.98 Å². The van der Waals surface area contributed by atoms with E-state index in [0.717, 1.165) is 125 Å². The average molecular weight is 1200 g/mol. The average Bonchev–Trinajstić information content (AvgIpc) is 2.93. The number of hydrogen-bond donors (Lipinski definition) is 0. The standard InChI is InChI=1S/C73H84F3N3O7S/c1-4-6-8-9-10-14-44-79(72-78-68-64-17-13-12-16-57(64)37-43-67(68)87-72)77-48-65-63-41-40-62(85-70(81)58-30-26-55(27-31-58)56-34-38-61(39-35-56)83-45-46-84-69(80)49(3)73(74,75)76)47-60(63)36-42-66(65)86-71(82)59-32-28-54(29-33-59)53-24-22-52(23-25-53)51-20-18-50(19-21-51)15-11-7-5-2/h12-13,16-17,22-25,28-29,32-33,36-37,40-43,47-48,50-51,55-56,58,61H,3-11,14-15,18-21,26-27,30-31,34-35,38-39,44-46H2,1-2H3/b77-48+. The molecule has 3 saturated carbocycles. The van der Waals surface area contributed by atoms with Crippen molar-refractivity contribution in [2.45, 2.75) is 173 Å². The molecule has 3 aliphatic rings. The zero-order valence-electron chi connectivity index (χ0n) is 50.6. The SMILES string of the molecule is C=C(C(=O)OCCOC1CCC(C2CCC(C(=O)Oc3ccc4c(/C=N/N(CCCCCCCC)c5nc6c(ccc7ccccc76)s5)c(OC(=O)c5ccc(-c6ccc(C7CCC(CCCCC)CC7)cc6)cc5)ccc4c3)CC2)CC1)C(F)(F)F. The van der Waals surface area contributed by atoms with Gasteiger partial charge >= 0.3 is 24.1 Å². The monoisotopic (exact) mass is 1200 g/mol. The van der Waals surface area contributed by atoms with Crippen molar-refractivity contribution >= 4 is 72.4 Å². The van der Waals surface area contributed by atoms with Gasteiger partial charge in [0.15, 0.2) is 0 Å². The number of anilines is 1. The minimum atomic E-state index is -4.83. The predicted molar refractivity (Wildman–Crippen MR) is 344 cm³/mol. The maximum atomic E-state index is 14.2. The number of benzene rings is 6. The van der Waals surface area contributed by atoms with E-state index in [-0.39, 0.29) is 31.2 Å². The Labute approximate surface area is 514 Å². The fourth-order valence-corrected chi connectivity index (χ4v) is 14.4. The van der Waals surface area contributed by atoms with Gasteiger partial charge in [-0.1, -0.05) is 162 Å². The molecule has 14 heteroatoms. The summed E-state index contributed by atoms with van der Waals surface area (Å²) in [4.78, 5) is 45.0. The molecule has 3 aliphatic carbocycles. The third-order valence-corrected chi connectivity index (χ3v) is 19.6. The van der Waals surface area contributed by atoms with E-state index in [0.29, 0.717) is 46.9 Å². The van der Waals surface area contributed by atoms with E-state index in [2.05, 4.69) is 69.0 Å². The van der Waals surface area contributed by atoms with Crippen molar-refractivity contribution in [2.24, 2.45) is 28.8 Å². The van der Waals surface area contributed by atoms with E-state index >= 15 is 0 Å². The van der Waals surface area contributed by atoms with Gasteiger partial charge in [-0.05, 0) is 182 Å². The van der Waals surface area contributed by atoms with Gasteiger partial charge in [-0.25, -0.2) is 19.6 Å². The Balaban J connectivity index is 0.822. The van der Waals surface area contributed by atoms with Crippen LogP contribution in [-0.2, 0) is 19.1 Å². The summed E-state index contributed by atoms with van der Waals surface area (Å²) in [6, 6.07) is 38.5. The van der Waals surface area contributed by atoms with Crippen LogP contribution in [0.3, 0.4) is 0 Å². The summed E-state index contributed by atoms with van der Waals surface area (Å²) >= 11 is 1.61. The second-order valence-corrected chi connectivity index (χ2v) is 25.5. The number of rotatable bonds is 26. The van der Waals surface area contributed by atoms with Crippen LogP contribution in [0, 0.1) is 23.7 Å². The molecule has 1 heterocycles. The Hall–Kier alpha value is -6.90. The minimum Gasteiger partial charge on any atom is -0.460 e. The number of nitrogens with zero attached hydrogens (tertiary/aromatic N) is 3. The molecule has 87 heavy (non-hydrogen) atoms. The second kappa shape index (κ2) is 30.3. The van der Waals surface area contributed by atoms with Gasteiger partial charge in [0.05, 0.1) is 40.6 Å². The van der Waals surface area contributed by atoms with E-state index in [4.69, 9.17) is 29.0 Å². The zero-order chi connectivity index (χ0) is 60.7. The van der Waals surface area contributed by atoms with E-state index in [1.165, 1.54) is 76.2 Å². The Morgan fingerprint density at radius 1 is 0.678 bits per heavy atom. The van der Waals surface area contributed by atoms with Crippen LogP contribution in [0.2, 0.25) is 0 Å². The third kappa shape index (κ3) is 16.6. The number of carbonyl (C=O) groups excluding carboxylic acids is 3. The van der Waals surface area contributed by atoms with E-state index in [1.807, 2.05) is 59.6 Å². The van der Waals surface area contributed by atoms with Crippen molar-refractivity contribution in [3.05, 3.63) is 144 Å². The molecular weight excluding hydrogens is 1120 g/mol. The normalized spacial score (nSPS) is 20.0. The molecule has 1 aromatic heterocycles. The topological polar surface area (TPSA) is 117 Å². The van der Waals surface area contributed by atoms with Crippen LogP contribution < -0.4 is 14.5 Å². The Kier molecular flexibility index (Phi) is 22.0. The lowest BCUT2D eigenvalue weighted by molar-refractivity contribution is -0.152. The number of ether oxygens (including phenoxy) is 4. The molecule has 0 bridgehead atoms. The quantitative estimate of drug-likeness (QED) is 0.0130. The Bertz CT molecular complexity index is 3460. The molecular formula is C73H84F3N3O7S. The van der Waals surface area contributed by atoms with Crippen LogP contribution in [-0.4, -0.2) is 61.1 Å². The summed E-state index contributed by atoms with van der Waals surface area (Å²) in [5, 5.41) is 11.7. The molecule has 10 rings (SSSR count). The summed E-state index contributed by atoms with van der Waals surface area (Å²) < 4.78 is 62.4. The highest BCUT2D eigenvalue weighted by molar-refractivity contribution is 7.22. The van der Waals surface area contributed by atoms with Gasteiger partial charge in [-0.15, -0.1) is 0 Å². The number of carbonyl (C=O) groups is 3. The molecule has 0 amide bonds. The number of hydrazone groups is 1. The highest BCUT2D eigenvalue weighted by atomic mass is 32.1. The second-order valence-electron chi connectivity index (χ2n) is 24.5. The Morgan fingerprint density at radius 2 is 1.34 bits per heavy atom. The van der Waals surface area contributed by atoms with Crippen LogP contribution in [0.5, 0.6) is 11.5 Å². The van der Waals surface area contributed by atoms with Crippen LogP contribution >= 0.6 is 11.3 Å². The third-order valence-electron chi connectivity index (χ3n) is 18.6. The van der Waals surface area contributed by atoms with Crippen LogP contribution in [0.25, 0.3) is 42.9 Å². The molecule has 0 unspecified atom stereocenters. The van der Waals surface area contributed by atoms with Crippen molar-refractivity contribution in [3.8, 4) is 22.6 Å². The number of esters is 3. The van der Waals surface area contributed by atoms with Crippen molar-refractivity contribution in [3.63, 3.8) is 0 Å². The Morgan fingerprint density at radius 3 is 2.07 bits per heavy atom. The largest absolute Gasteiger partial charge is 0.460 e. The number of fused-ring (bicyclic) bond motifs is 4. The first kappa shape index (κ1) is 63.1. The number of aromatic nitrogens is 1. The molecule has 0 atom stereocenters. The number of hydrogen-bond acceptors (Lipinski definition) is 11. The smallest absolute Gasteiger partial charge is 0.422 e. The molecule has 0 N–H and O–H groups in total. The van der Waals surface area contributed by atoms with Crippen molar-refractivity contribution in [2.75, 3.05) is 24.8 Å². The molecule has 7 aromatic rings. The molecule has 0 aliphatic heterocycles. The van der Waals surface area contributed by atoms with Gasteiger partial charge in [-0.3, -0.25) is 4.79 Å². The van der Waals surface area contributed by atoms with Crippen LogP contribution in [0.4, 0.5) is 18.3 Å². The molecule has 0 saturated heterocycles. The molecule has 10 nitrogen and oxygen atoms in total. The van der Waals surface area contributed by atoms with E-state index in [1.54, 1.807) is 29.7 Å². The van der Waals surface area contributed by atoms with Gasteiger partial charge in [0, 0.05) is 17.5 Å². The minimum absolute atomic E-state index is 0.0243. The maximum Gasteiger partial charge on any atom is 0.422 e. The van der Waals surface area contributed by atoms with E-state index < -0.39 is 23.7 Å². The zero-order valence-corrected chi connectivity index (χ0v) is 51.5. The molecule has 0 radical (unpaired) electrons. The first-order valence-electron chi connectivity index (χ1n) is 32.2. The van der Waals surface area contributed by atoms with E-state index in [9.17, 15) is 27.6 Å². The van der Waals surface area contributed by atoms with Gasteiger partial charge in [-0.2, -0.15) is 18.3 Å². The van der Waals surface area contributed by atoms with Crippen LogP contribution in [0.1, 0.15) is 183 Å². The molecule has 6 aromatic carbocycles. The fraction of sp³-hybridized carbons (Fsp3) is 0.466. The molecule has 0 spiro atoms. The number of halogens is 3. The first-order valence-corrected chi connectivity index (χ1v) is 33.0. The highest BCUT2D eigenvalue weighted by Gasteiger charge is 2.38. The lowest BCUT2D eigenvalue weighted by Gasteiger charge is -2.37. The number of unbranched alkanes of at least 4 members (excludes halogenated alkanes) is 7. The summed E-state index contributed by atoms with van der Waals surface area (Å²) in [5.74, 6) is 0.789. The number of alkyl halides is 3. The highest BCUT2D eigenvalue weighted by Crippen LogP contribution is 2.43. The summed E-state index contributed by atoms with van der Waals surface area (Å²) in [7, 11) is 0. The maximum absolute atomic E-state index is 14.2. The first-order chi connectivity index (χ1) is 42.3. The molecule has 460 valence electrons. The predicted octanol–water partition coefficient (Wildman–Crippen LogP) is 19.5. The fourth-order valence-electron chi connectivity index (χ4n) is 13.4. The summed E-state index contributed by atoms with van der Waals surface area (Å²) in [6.45, 7) is 7.69. The van der Waals surface area contributed by atoms with Crippen molar-refractivity contribution < 1.29 is 46.5 Å². The van der Waals surface area contributed by atoms with Gasteiger partial charge in [0.2, 0.25) is 5.13 Å². The lowest BCUT2D eigenvalue weighted by Crippen LogP contribution is -2.31. The van der Waals surface area contributed by atoms with Gasteiger partial charge < -0.3 is 18.9 Å². The molecule has 3 fully saturated rings. The van der Waals surface area contributed by atoms with Gasteiger partial charge in [0.1, 0.15) is 23.7 Å². The van der Waals surface area contributed by atoms with Crippen molar-refractivity contribution in [1.29, 1.82) is 0 Å². The summed E-state index contributed by atoms with van der Waals surface area (Å²) in [6.07, 6.45) is 21.0. The van der Waals surface area contributed by atoms with Crippen LogP contribution in [0.15, 0.2) is 133 Å². The summed E-state index contributed by atoms with van der Waals surface area (Å²) in [5.41, 5.74) is 3.99. The lowest BCUT2D eigenvalue weighted by atomic mass is 9.70. The van der Waals surface area contributed by atoms with Gasteiger partial charge in [0.25, 0.3) is 0 Å².